The maximum absolute atomic E-state index is 12.5. The third-order valence-electron chi connectivity index (χ3n) is 5.13. The molecule has 0 atom stereocenters. The average molecular weight is 414 g/mol. The lowest BCUT2D eigenvalue weighted by Crippen LogP contribution is -2.23. The second-order valence-corrected chi connectivity index (χ2v) is 8.73. The van der Waals surface area contributed by atoms with Crippen molar-refractivity contribution in [2.24, 2.45) is 0 Å². The van der Waals surface area contributed by atoms with E-state index in [-0.39, 0.29) is 17.0 Å². The lowest BCUT2D eigenvalue weighted by Gasteiger charge is -2.17. The molecule has 1 aliphatic rings. The molecule has 0 aliphatic heterocycles. The number of aromatic amines is 1. The van der Waals surface area contributed by atoms with E-state index in [4.69, 9.17) is 9.15 Å². The van der Waals surface area contributed by atoms with Crippen LogP contribution in [0, 0.1) is 0 Å². The molecule has 7 nitrogen and oxygen atoms in total. The molecule has 0 saturated heterocycles. The third kappa shape index (κ3) is 3.99. The van der Waals surface area contributed by atoms with Crippen LogP contribution < -0.4 is 15.0 Å². The Bertz CT molecular complexity index is 1190. The topological polar surface area (TPSA) is 101 Å². The Kier molecular flexibility index (Phi) is 5.29. The van der Waals surface area contributed by atoms with Crippen molar-refractivity contribution in [2.75, 3.05) is 7.11 Å². The van der Waals surface area contributed by atoms with E-state index in [0.717, 1.165) is 42.4 Å². The molecule has 152 valence electrons. The predicted molar refractivity (Wildman–Crippen MR) is 108 cm³/mol. The fourth-order valence-electron chi connectivity index (χ4n) is 3.62. The summed E-state index contributed by atoms with van der Waals surface area (Å²) in [6, 6.07) is 9.81. The summed E-state index contributed by atoms with van der Waals surface area (Å²) >= 11 is 0. The molecule has 0 spiro atoms. The Labute approximate surface area is 168 Å². The highest BCUT2D eigenvalue weighted by Gasteiger charge is 2.20. The van der Waals surface area contributed by atoms with Crippen LogP contribution in [0.2, 0.25) is 0 Å². The Balaban J connectivity index is 1.54. The maximum atomic E-state index is 12.5. The lowest BCUT2D eigenvalue weighted by molar-refractivity contribution is 0.413. The van der Waals surface area contributed by atoms with E-state index in [1.54, 1.807) is 30.5 Å². The Morgan fingerprint density at radius 2 is 1.93 bits per heavy atom. The molecule has 0 unspecified atom stereocenters. The van der Waals surface area contributed by atoms with Crippen LogP contribution in [0.4, 0.5) is 0 Å². The van der Waals surface area contributed by atoms with Crippen molar-refractivity contribution >= 4 is 10.0 Å². The average Bonchev–Trinajstić information content (AvgIpc) is 3.22. The van der Waals surface area contributed by atoms with Crippen LogP contribution in [-0.2, 0) is 29.4 Å². The van der Waals surface area contributed by atoms with E-state index in [1.807, 2.05) is 0 Å². The molecule has 4 rings (SSSR count). The van der Waals surface area contributed by atoms with Crippen LogP contribution >= 0.6 is 0 Å². The second-order valence-electron chi connectivity index (χ2n) is 6.97. The number of benzene rings is 1. The van der Waals surface area contributed by atoms with Gasteiger partial charge in [0.25, 0.3) is 5.56 Å². The number of hydrogen-bond donors (Lipinski definition) is 2. The zero-order chi connectivity index (χ0) is 20.4. The number of sulfonamides is 1. The maximum Gasteiger partial charge on any atom is 0.251 e. The number of rotatable bonds is 6. The van der Waals surface area contributed by atoms with Crippen LogP contribution in [0.15, 0.2) is 56.7 Å². The summed E-state index contributed by atoms with van der Waals surface area (Å²) < 4.78 is 38.6. The number of methoxy groups -OCH3 is 1. The van der Waals surface area contributed by atoms with E-state index in [2.05, 4.69) is 9.71 Å². The van der Waals surface area contributed by atoms with Crippen LogP contribution in [0.1, 0.15) is 29.7 Å². The molecule has 0 saturated carbocycles. The van der Waals surface area contributed by atoms with Gasteiger partial charge >= 0.3 is 0 Å². The minimum atomic E-state index is -3.70. The second kappa shape index (κ2) is 7.88. The standard InChI is InChI=1S/C21H22N2O5S/c1-27-14-5-4-6-16(11-14)29(25,26)23-12-15-9-10-20(28-15)19-13-22-21(24)18-8-3-2-7-17(18)19/h4-6,9-11,13,23H,2-3,7-8,12H2,1H3,(H,22,24). The van der Waals surface area contributed by atoms with Crippen molar-refractivity contribution in [3.63, 3.8) is 0 Å². The minimum absolute atomic E-state index is 0.0189. The number of ether oxygens (including phenoxy) is 1. The van der Waals surface area contributed by atoms with Gasteiger partial charge in [-0.2, -0.15) is 0 Å². The van der Waals surface area contributed by atoms with Crippen molar-refractivity contribution < 1.29 is 17.6 Å². The quantitative estimate of drug-likeness (QED) is 0.646. The zero-order valence-electron chi connectivity index (χ0n) is 16.0. The van der Waals surface area contributed by atoms with Gasteiger partial charge in [0.05, 0.1) is 18.6 Å². The molecular formula is C21H22N2O5S. The molecule has 2 N–H and O–H groups in total. The highest BCUT2D eigenvalue weighted by atomic mass is 32.2. The SMILES string of the molecule is COc1cccc(S(=O)(=O)NCc2ccc(-c3c[nH]c(=O)c4c3CCCC4)o2)c1. The fourth-order valence-corrected chi connectivity index (χ4v) is 4.65. The molecule has 2 heterocycles. The van der Waals surface area contributed by atoms with Gasteiger partial charge in [-0.25, -0.2) is 13.1 Å². The van der Waals surface area contributed by atoms with Gasteiger partial charge in [-0.1, -0.05) is 6.07 Å². The Hall–Kier alpha value is -2.84. The summed E-state index contributed by atoms with van der Waals surface area (Å²) in [5.74, 6) is 1.58. The van der Waals surface area contributed by atoms with Crippen LogP contribution in [0.25, 0.3) is 11.3 Å². The summed E-state index contributed by atoms with van der Waals surface area (Å²) in [6.45, 7) is 0.0189. The van der Waals surface area contributed by atoms with Gasteiger partial charge in [-0.05, 0) is 55.5 Å². The number of fused-ring (bicyclic) bond motifs is 1. The Morgan fingerprint density at radius 1 is 1.14 bits per heavy atom. The van der Waals surface area contributed by atoms with Crippen LogP contribution in [-0.4, -0.2) is 20.5 Å². The summed E-state index contributed by atoms with van der Waals surface area (Å²) in [5, 5.41) is 0. The summed E-state index contributed by atoms with van der Waals surface area (Å²) in [4.78, 5) is 15.0. The molecule has 3 aromatic rings. The fraction of sp³-hybridized carbons (Fsp3) is 0.286. The van der Waals surface area contributed by atoms with Crippen molar-refractivity contribution in [3.05, 3.63) is 69.8 Å². The van der Waals surface area contributed by atoms with Gasteiger partial charge in [0.2, 0.25) is 10.0 Å². The molecule has 0 fully saturated rings. The number of H-pyrrole nitrogens is 1. The Morgan fingerprint density at radius 3 is 2.72 bits per heavy atom. The largest absolute Gasteiger partial charge is 0.497 e. The van der Waals surface area contributed by atoms with Gasteiger partial charge in [-0.15, -0.1) is 0 Å². The molecule has 0 radical (unpaired) electrons. The van der Waals surface area contributed by atoms with Crippen LogP contribution in [0.5, 0.6) is 5.75 Å². The van der Waals surface area contributed by atoms with Gasteiger partial charge < -0.3 is 14.1 Å². The third-order valence-corrected chi connectivity index (χ3v) is 6.53. The number of aromatic nitrogens is 1. The van der Waals surface area contributed by atoms with E-state index in [1.165, 1.54) is 19.2 Å². The molecule has 1 aromatic carbocycles. The van der Waals surface area contributed by atoms with Crippen LogP contribution in [0.3, 0.4) is 0 Å². The zero-order valence-corrected chi connectivity index (χ0v) is 16.8. The summed E-state index contributed by atoms with van der Waals surface area (Å²) in [7, 11) is -2.22. The van der Waals surface area contributed by atoms with E-state index >= 15 is 0 Å². The van der Waals surface area contributed by atoms with E-state index in [0.29, 0.717) is 17.3 Å². The molecule has 0 amide bonds. The first kappa shape index (κ1) is 19.5. The molecule has 0 bridgehead atoms. The molecule has 1 aliphatic carbocycles. The number of pyridine rings is 1. The first-order valence-electron chi connectivity index (χ1n) is 9.44. The molecule has 29 heavy (non-hydrogen) atoms. The minimum Gasteiger partial charge on any atom is -0.497 e. The summed E-state index contributed by atoms with van der Waals surface area (Å²) in [6.07, 6.45) is 5.33. The van der Waals surface area contributed by atoms with Gasteiger partial charge in [-0.3, -0.25) is 4.79 Å². The number of nitrogens with one attached hydrogen (secondary N) is 2. The van der Waals surface area contributed by atoms with E-state index < -0.39 is 10.0 Å². The molecule has 2 aromatic heterocycles. The number of hydrogen-bond acceptors (Lipinski definition) is 5. The van der Waals surface area contributed by atoms with Gasteiger partial charge in [0, 0.05) is 23.4 Å². The number of furan rings is 1. The van der Waals surface area contributed by atoms with E-state index in [9.17, 15) is 13.2 Å². The lowest BCUT2D eigenvalue weighted by atomic mass is 9.89. The van der Waals surface area contributed by atoms with Gasteiger partial charge in [0.1, 0.15) is 17.3 Å². The van der Waals surface area contributed by atoms with Crippen molar-refractivity contribution in [3.8, 4) is 17.1 Å². The van der Waals surface area contributed by atoms with Crippen molar-refractivity contribution in [2.45, 2.75) is 37.1 Å². The summed E-state index contributed by atoms with van der Waals surface area (Å²) in [5.41, 5.74) is 2.67. The highest BCUT2D eigenvalue weighted by Crippen LogP contribution is 2.30. The highest BCUT2D eigenvalue weighted by molar-refractivity contribution is 7.89. The normalized spacial score (nSPS) is 13.8. The van der Waals surface area contributed by atoms with Crippen molar-refractivity contribution in [1.29, 1.82) is 0 Å². The predicted octanol–water partition coefficient (Wildman–Crippen LogP) is 3.00. The molecular weight excluding hydrogens is 392 g/mol. The van der Waals surface area contributed by atoms with Crippen molar-refractivity contribution in [1.82, 2.24) is 9.71 Å². The molecule has 8 heteroatoms. The first-order valence-corrected chi connectivity index (χ1v) is 10.9. The smallest absolute Gasteiger partial charge is 0.251 e. The monoisotopic (exact) mass is 414 g/mol. The first-order chi connectivity index (χ1) is 14.0. The van der Waals surface area contributed by atoms with Gasteiger partial charge in [0.15, 0.2) is 0 Å².